The zero-order valence-electron chi connectivity index (χ0n) is 19.8. The molecule has 176 valence electrons. The van der Waals surface area contributed by atoms with Crippen LogP contribution in [-0.2, 0) is 16.0 Å². The number of aromatic nitrogens is 1. The number of anilines is 1. The quantitative estimate of drug-likeness (QED) is 0.416. The number of nitrogens with zero attached hydrogens (tertiary/aromatic N) is 2. The second-order valence-electron chi connectivity index (χ2n) is 9.10. The van der Waals surface area contributed by atoms with E-state index in [1.165, 1.54) is 4.90 Å². The summed E-state index contributed by atoms with van der Waals surface area (Å²) in [6.45, 7) is 4.23. The second-order valence-corrected chi connectivity index (χ2v) is 9.10. The molecule has 3 amide bonds. The van der Waals surface area contributed by atoms with Crippen LogP contribution in [0.4, 0.5) is 5.69 Å². The van der Waals surface area contributed by atoms with E-state index in [0.717, 1.165) is 27.6 Å². The number of nitrogens with one attached hydrogen (secondary N) is 1. The van der Waals surface area contributed by atoms with Crippen molar-refractivity contribution in [3.63, 3.8) is 0 Å². The molecule has 0 aliphatic carbocycles. The molecule has 0 radical (unpaired) electrons. The maximum atomic E-state index is 13.6. The van der Waals surface area contributed by atoms with Crippen molar-refractivity contribution in [1.29, 1.82) is 0 Å². The number of aromatic amines is 1. The summed E-state index contributed by atoms with van der Waals surface area (Å²) in [5, 5.41) is 1.09. The Hall–Kier alpha value is -4.19. The maximum Gasteiger partial charge on any atom is 0.257 e. The van der Waals surface area contributed by atoms with Crippen molar-refractivity contribution in [2.75, 3.05) is 11.4 Å². The van der Waals surface area contributed by atoms with Crippen molar-refractivity contribution in [3.8, 4) is 0 Å². The lowest BCUT2D eigenvalue weighted by Gasteiger charge is -2.28. The Morgan fingerprint density at radius 1 is 0.943 bits per heavy atom. The van der Waals surface area contributed by atoms with Crippen molar-refractivity contribution >= 4 is 34.3 Å². The Labute approximate surface area is 204 Å². The minimum atomic E-state index is -0.845. The Balaban J connectivity index is 1.46. The lowest BCUT2D eigenvalue weighted by atomic mass is 10.1. The van der Waals surface area contributed by atoms with Gasteiger partial charge in [-0.3, -0.25) is 14.4 Å². The van der Waals surface area contributed by atoms with E-state index in [1.807, 2.05) is 68.6 Å². The first-order valence-electron chi connectivity index (χ1n) is 11.8. The van der Waals surface area contributed by atoms with E-state index in [4.69, 9.17) is 0 Å². The molecule has 0 bridgehead atoms. The van der Waals surface area contributed by atoms with E-state index < -0.39 is 6.04 Å². The van der Waals surface area contributed by atoms with Gasteiger partial charge in [0.25, 0.3) is 11.8 Å². The number of imide groups is 1. The van der Waals surface area contributed by atoms with Crippen LogP contribution in [0.3, 0.4) is 0 Å². The molecule has 1 aromatic heterocycles. The van der Waals surface area contributed by atoms with Gasteiger partial charge in [0.05, 0.1) is 12.1 Å². The third kappa shape index (κ3) is 4.35. The highest BCUT2D eigenvalue weighted by atomic mass is 16.2. The Kier molecular flexibility index (Phi) is 5.95. The fourth-order valence-corrected chi connectivity index (χ4v) is 4.66. The smallest absolute Gasteiger partial charge is 0.257 e. The van der Waals surface area contributed by atoms with Gasteiger partial charge in [0, 0.05) is 29.2 Å². The third-order valence-corrected chi connectivity index (χ3v) is 6.65. The fraction of sp³-hybridized carbons (Fsp3) is 0.207. The Bertz CT molecular complexity index is 1400. The molecule has 0 spiro atoms. The lowest BCUT2D eigenvalue weighted by molar-refractivity contribution is -0.122. The molecule has 1 atom stereocenters. The normalized spacial score (nSPS) is 15.7. The molecule has 6 nitrogen and oxygen atoms in total. The van der Waals surface area contributed by atoms with Crippen molar-refractivity contribution in [1.82, 2.24) is 9.88 Å². The molecule has 1 unspecified atom stereocenters. The van der Waals surface area contributed by atoms with Crippen LogP contribution in [0.1, 0.15) is 33.5 Å². The van der Waals surface area contributed by atoms with Gasteiger partial charge in [0.2, 0.25) is 5.91 Å². The van der Waals surface area contributed by atoms with Gasteiger partial charge in [-0.25, -0.2) is 4.90 Å². The second kappa shape index (κ2) is 9.22. The van der Waals surface area contributed by atoms with E-state index in [2.05, 4.69) is 4.98 Å². The predicted molar refractivity (Wildman–Crippen MR) is 136 cm³/mol. The largest absolute Gasteiger partial charge is 0.361 e. The number of benzene rings is 3. The minimum Gasteiger partial charge on any atom is -0.361 e. The summed E-state index contributed by atoms with van der Waals surface area (Å²) in [7, 11) is 0. The van der Waals surface area contributed by atoms with Gasteiger partial charge in [-0.1, -0.05) is 53.6 Å². The summed E-state index contributed by atoms with van der Waals surface area (Å²) in [6, 6.07) is 21.7. The number of rotatable bonds is 6. The molecule has 2 heterocycles. The number of H-pyrrole nitrogens is 1. The van der Waals surface area contributed by atoms with Gasteiger partial charge in [-0.05, 0) is 56.2 Å². The lowest BCUT2D eigenvalue weighted by Crippen LogP contribution is -2.46. The molecule has 35 heavy (non-hydrogen) atoms. The number of amides is 3. The van der Waals surface area contributed by atoms with Crippen molar-refractivity contribution in [2.45, 2.75) is 32.7 Å². The first-order chi connectivity index (χ1) is 16.9. The van der Waals surface area contributed by atoms with Gasteiger partial charge < -0.3 is 9.88 Å². The summed E-state index contributed by atoms with van der Waals surface area (Å²) in [5.74, 6) is -0.905. The first-order valence-corrected chi connectivity index (χ1v) is 11.8. The molecule has 1 N–H and O–H groups in total. The molecule has 1 aliphatic heterocycles. The highest BCUT2D eigenvalue weighted by Gasteiger charge is 2.44. The van der Waals surface area contributed by atoms with Gasteiger partial charge in [-0.15, -0.1) is 0 Å². The summed E-state index contributed by atoms with van der Waals surface area (Å²) < 4.78 is 0. The van der Waals surface area contributed by atoms with Crippen LogP contribution in [0.25, 0.3) is 10.9 Å². The van der Waals surface area contributed by atoms with Crippen LogP contribution in [0, 0.1) is 13.8 Å². The van der Waals surface area contributed by atoms with Gasteiger partial charge in [-0.2, -0.15) is 0 Å². The summed E-state index contributed by atoms with van der Waals surface area (Å²) in [6.07, 6.45) is 2.47. The number of hydrogen-bond acceptors (Lipinski definition) is 3. The van der Waals surface area contributed by atoms with Crippen LogP contribution in [0.15, 0.2) is 79.0 Å². The molecular formula is C29H27N3O3. The molecule has 4 aromatic rings. The molecule has 0 saturated carbocycles. The number of hydrogen-bond donors (Lipinski definition) is 1. The van der Waals surface area contributed by atoms with Crippen molar-refractivity contribution in [2.24, 2.45) is 0 Å². The highest BCUT2D eigenvalue weighted by Crippen LogP contribution is 2.28. The molecular weight excluding hydrogens is 438 g/mol. The SMILES string of the molecule is Cc1ccc(C(=O)N(CCc2c[nH]c3ccccc23)C2CC(=O)N(c3ccc(C)cc3)C2=O)cc1. The Morgan fingerprint density at radius 2 is 1.60 bits per heavy atom. The standard InChI is InChI=1S/C29H27N3O3/c1-19-7-11-21(12-8-19)28(34)31(16-15-22-18-30-25-6-4-3-5-24(22)25)26-17-27(33)32(29(26)35)23-13-9-20(2)10-14-23/h3-14,18,26,30H,15-17H2,1-2H3. The van der Waals surface area contributed by atoms with Gasteiger partial charge in [0.15, 0.2) is 0 Å². The summed E-state index contributed by atoms with van der Waals surface area (Å²) >= 11 is 0. The average molecular weight is 466 g/mol. The van der Waals surface area contributed by atoms with E-state index in [-0.39, 0.29) is 24.1 Å². The van der Waals surface area contributed by atoms with E-state index >= 15 is 0 Å². The average Bonchev–Trinajstić information content (AvgIpc) is 3.40. The van der Waals surface area contributed by atoms with Crippen LogP contribution >= 0.6 is 0 Å². The van der Waals surface area contributed by atoms with E-state index in [1.54, 1.807) is 29.2 Å². The third-order valence-electron chi connectivity index (χ3n) is 6.65. The van der Waals surface area contributed by atoms with E-state index in [9.17, 15) is 14.4 Å². The maximum absolute atomic E-state index is 13.6. The molecule has 6 heteroatoms. The predicted octanol–water partition coefficient (Wildman–Crippen LogP) is 4.80. The first kappa shape index (κ1) is 22.6. The van der Waals surface area contributed by atoms with Gasteiger partial charge >= 0.3 is 0 Å². The Morgan fingerprint density at radius 3 is 2.31 bits per heavy atom. The zero-order chi connectivity index (χ0) is 24.5. The molecule has 3 aromatic carbocycles. The number of carbonyl (C=O) groups is 3. The number of para-hydroxylation sites is 1. The number of fused-ring (bicyclic) bond motifs is 1. The topological polar surface area (TPSA) is 73.5 Å². The summed E-state index contributed by atoms with van der Waals surface area (Å²) in [4.78, 5) is 46.2. The fourth-order valence-electron chi connectivity index (χ4n) is 4.66. The monoisotopic (exact) mass is 465 g/mol. The van der Waals surface area contributed by atoms with Gasteiger partial charge in [0.1, 0.15) is 6.04 Å². The van der Waals surface area contributed by atoms with Crippen molar-refractivity contribution < 1.29 is 14.4 Å². The summed E-state index contributed by atoms with van der Waals surface area (Å²) in [5.41, 5.74) is 5.21. The van der Waals surface area contributed by atoms with Crippen LogP contribution in [0.2, 0.25) is 0 Å². The van der Waals surface area contributed by atoms with E-state index in [0.29, 0.717) is 24.2 Å². The highest BCUT2D eigenvalue weighted by molar-refractivity contribution is 6.23. The molecule has 5 rings (SSSR count). The molecule has 1 aliphatic rings. The van der Waals surface area contributed by atoms with Crippen LogP contribution in [0.5, 0.6) is 0 Å². The molecule has 1 fully saturated rings. The van der Waals surface area contributed by atoms with Crippen LogP contribution in [-0.4, -0.2) is 40.2 Å². The molecule has 1 saturated heterocycles. The number of aryl methyl sites for hydroxylation is 2. The number of carbonyl (C=O) groups excluding carboxylic acids is 3. The zero-order valence-corrected chi connectivity index (χ0v) is 19.8. The van der Waals surface area contributed by atoms with Crippen molar-refractivity contribution in [3.05, 3.63) is 101 Å². The van der Waals surface area contributed by atoms with Crippen LogP contribution < -0.4 is 4.90 Å². The minimum absolute atomic E-state index is 0.0296.